The second kappa shape index (κ2) is 8.39. The van der Waals surface area contributed by atoms with E-state index >= 15 is 0 Å². The lowest BCUT2D eigenvalue weighted by molar-refractivity contribution is 0.128. The first-order valence-electron chi connectivity index (χ1n) is 10.3. The summed E-state index contributed by atoms with van der Waals surface area (Å²) in [7, 11) is -3.51. The maximum atomic E-state index is 13.0. The normalized spacial score (nSPS) is 16.4. The number of hydrogen-bond donors (Lipinski definition) is 0. The first-order valence-corrected chi connectivity index (χ1v) is 11.8. The van der Waals surface area contributed by atoms with Crippen LogP contribution < -0.4 is 4.74 Å². The van der Waals surface area contributed by atoms with Crippen molar-refractivity contribution in [1.29, 1.82) is 0 Å². The van der Waals surface area contributed by atoms with E-state index < -0.39 is 10.0 Å². The van der Waals surface area contributed by atoms with Crippen LogP contribution in [0.3, 0.4) is 0 Å². The van der Waals surface area contributed by atoms with Gasteiger partial charge in [0.05, 0.1) is 4.90 Å². The van der Waals surface area contributed by atoms with Crippen molar-refractivity contribution >= 4 is 10.0 Å². The zero-order valence-corrected chi connectivity index (χ0v) is 18.8. The van der Waals surface area contributed by atoms with E-state index in [9.17, 15) is 8.42 Å². The number of benzene rings is 1. The van der Waals surface area contributed by atoms with E-state index in [-0.39, 0.29) is 11.5 Å². The Balaban J connectivity index is 1.35. The van der Waals surface area contributed by atoms with Crippen molar-refractivity contribution in [2.75, 3.05) is 13.1 Å². The van der Waals surface area contributed by atoms with Crippen LogP contribution >= 0.6 is 0 Å². The maximum Gasteiger partial charge on any atom is 0.243 e. The molecule has 1 saturated heterocycles. The fourth-order valence-electron chi connectivity index (χ4n) is 3.54. The van der Waals surface area contributed by atoms with Crippen LogP contribution in [0, 0.1) is 0 Å². The monoisotopic (exact) mass is 441 g/mol. The third-order valence-electron chi connectivity index (χ3n) is 5.41. The lowest BCUT2D eigenvalue weighted by atomic mass is 9.87. The largest absolute Gasteiger partial charge is 0.473 e. The fraction of sp³-hybridized carbons (Fsp3) is 0.409. The molecular weight excluding hydrogens is 414 g/mol. The van der Waals surface area contributed by atoms with Crippen molar-refractivity contribution < 1.29 is 13.2 Å². The van der Waals surface area contributed by atoms with Crippen LogP contribution in [-0.2, 0) is 15.4 Å². The van der Waals surface area contributed by atoms with Crippen LogP contribution in [-0.4, -0.2) is 51.9 Å². The number of piperidine rings is 1. The molecule has 164 valence electrons. The zero-order chi connectivity index (χ0) is 22.1. The minimum Gasteiger partial charge on any atom is -0.473 e. The second-order valence-electron chi connectivity index (χ2n) is 8.68. The van der Waals surface area contributed by atoms with E-state index in [1.807, 2.05) is 18.2 Å². The van der Waals surface area contributed by atoms with E-state index in [2.05, 4.69) is 36.1 Å². The molecule has 0 unspecified atom stereocenters. The number of sulfonamides is 1. The van der Waals surface area contributed by atoms with E-state index in [0.717, 1.165) is 5.56 Å². The predicted octanol–water partition coefficient (Wildman–Crippen LogP) is 3.19. The van der Waals surface area contributed by atoms with Crippen LogP contribution in [0.25, 0.3) is 5.82 Å². The maximum absolute atomic E-state index is 13.0. The molecule has 2 aromatic heterocycles. The highest BCUT2D eigenvalue weighted by Gasteiger charge is 2.30. The van der Waals surface area contributed by atoms with Gasteiger partial charge in [-0.25, -0.2) is 13.1 Å². The van der Waals surface area contributed by atoms with Gasteiger partial charge in [-0.05, 0) is 48.1 Å². The van der Waals surface area contributed by atoms with Gasteiger partial charge in [-0.3, -0.25) is 0 Å². The van der Waals surface area contributed by atoms with Gasteiger partial charge in [0.1, 0.15) is 6.10 Å². The topological polar surface area (TPSA) is 90.2 Å². The van der Waals surface area contributed by atoms with Crippen molar-refractivity contribution in [3.63, 3.8) is 0 Å². The molecule has 3 heterocycles. The molecule has 4 rings (SSSR count). The SMILES string of the molecule is CC(C)(C)c1ccc(S(=O)(=O)N2CCC(Oc3ccc(-n4cccn4)nn3)CC2)cc1. The minimum atomic E-state index is -3.51. The summed E-state index contributed by atoms with van der Waals surface area (Å²) < 4.78 is 35.1. The molecular formula is C22H27N5O3S. The van der Waals surface area contributed by atoms with E-state index in [0.29, 0.717) is 42.5 Å². The van der Waals surface area contributed by atoms with Crippen molar-refractivity contribution in [3.8, 4) is 11.7 Å². The average molecular weight is 442 g/mol. The van der Waals surface area contributed by atoms with Crippen LogP contribution in [0.15, 0.2) is 59.8 Å². The van der Waals surface area contributed by atoms with Gasteiger partial charge in [0, 0.05) is 31.5 Å². The molecule has 8 nitrogen and oxygen atoms in total. The molecule has 9 heteroatoms. The summed E-state index contributed by atoms with van der Waals surface area (Å²) in [5.41, 5.74) is 1.09. The molecule has 0 bridgehead atoms. The summed E-state index contributed by atoms with van der Waals surface area (Å²) in [5, 5.41) is 12.3. The van der Waals surface area contributed by atoms with Gasteiger partial charge in [0.15, 0.2) is 5.82 Å². The third-order valence-corrected chi connectivity index (χ3v) is 7.32. The molecule has 0 saturated carbocycles. The van der Waals surface area contributed by atoms with Gasteiger partial charge in [-0.1, -0.05) is 32.9 Å². The number of nitrogens with zero attached hydrogens (tertiary/aromatic N) is 5. The Morgan fingerprint density at radius 2 is 1.71 bits per heavy atom. The van der Waals surface area contributed by atoms with Gasteiger partial charge in [0.2, 0.25) is 15.9 Å². The molecule has 0 N–H and O–H groups in total. The molecule has 0 radical (unpaired) electrons. The Labute approximate surface area is 182 Å². The number of aromatic nitrogens is 4. The Hall–Kier alpha value is -2.78. The summed E-state index contributed by atoms with van der Waals surface area (Å²) in [5.74, 6) is 1.03. The molecule has 1 aliphatic heterocycles. The smallest absolute Gasteiger partial charge is 0.243 e. The van der Waals surface area contributed by atoms with E-state index in [1.165, 1.54) is 4.31 Å². The molecule has 31 heavy (non-hydrogen) atoms. The van der Waals surface area contributed by atoms with Crippen LogP contribution in [0.1, 0.15) is 39.2 Å². The van der Waals surface area contributed by atoms with Crippen LogP contribution in [0.5, 0.6) is 5.88 Å². The standard InChI is InChI=1S/C22H27N5O3S/c1-22(2,3)17-5-7-19(8-6-17)31(28,29)26-15-11-18(12-16-26)30-21-10-9-20(24-25-21)27-14-4-13-23-27/h4-10,13-14,18H,11-12,15-16H2,1-3H3. The molecule has 1 aromatic carbocycles. The highest BCUT2D eigenvalue weighted by molar-refractivity contribution is 7.89. The van der Waals surface area contributed by atoms with Crippen molar-refractivity contribution in [1.82, 2.24) is 24.3 Å². The van der Waals surface area contributed by atoms with Gasteiger partial charge in [0.25, 0.3) is 0 Å². The average Bonchev–Trinajstić information content (AvgIpc) is 3.29. The number of rotatable bonds is 5. The molecule has 1 aliphatic rings. The van der Waals surface area contributed by atoms with Crippen molar-refractivity contribution in [3.05, 3.63) is 60.4 Å². The molecule has 0 atom stereocenters. The lowest BCUT2D eigenvalue weighted by Crippen LogP contribution is -2.41. The summed E-state index contributed by atoms with van der Waals surface area (Å²) >= 11 is 0. The van der Waals surface area contributed by atoms with Crippen LogP contribution in [0.4, 0.5) is 0 Å². The van der Waals surface area contributed by atoms with Gasteiger partial charge >= 0.3 is 0 Å². The minimum absolute atomic E-state index is 0.0164. The lowest BCUT2D eigenvalue weighted by Gasteiger charge is -2.31. The van der Waals surface area contributed by atoms with E-state index in [4.69, 9.17) is 4.74 Å². The summed E-state index contributed by atoms with van der Waals surface area (Å²) in [4.78, 5) is 0.333. The van der Waals surface area contributed by atoms with Crippen LogP contribution in [0.2, 0.25) is 0 Å². The quantitative estimate of drug-likeness (QED) is 0.604. The summed E-state index contributed by atoms with van der Waals surface area (Å²) in [6.07, 6.45) is 4.56. The summed E-state index contributed by atoms with van der Waals surface area (Å²) in [6.45, 7) is 7.14. The summed E-state index contributed by atoms with van der Waals surface area (Å²) in [6, 6.07) is 12.6. The molecule has 0 spiro atoms. The van der Waals surface area contributed by atoms with Crippen molar-refractivity contribution in [2.24, 2.45) is 0 Å². The van der Waals surface area contributed by atoms with E-state index in [1.54, 1.807) is 41.3 Å². The predicted molar refractivity (Wildman–Crippen MR) is 117 cm³/mol. The molecule has 1 fully saturated rings. The molecule has 3 aromatic rings. The molecule has 0 aliphatic carbocycles. The third kappa shape index (κ3) is 4.77. The zero-order valence-electron chi connectivity index (χ0n) is 18.0. The molecule has 0 amide bonds. The highest BCUT2D eigenvalue weighted by atomic mass is 32.2. The Morgan fingerprint density at radius 3 is 2.26 bits per heavy atom. The first kappa shape index (κ1) is 21.5. The first-order chi connectivity index (χ1) is 14.7. The van der Waals surface area contributed by atoms with Gasteiger partial charge < -0.3 is 4.74 Å². The van der Waals surface area contributed by atoms with Gasteiger partial charge in [-0.2, -0.15) is 9.40 Å². The number of hydrogen-bond acceptors (Lipinski definition) is 6. The number of ether oxygens (including phenoxy) is 1. The Morgan fingerprint density at radius 1 is 1.00 bits per heavy atom. The van der Waals surface area contributed by atoms with Gasteiger partial charge in [-0.15, -0.1) is 10.2 Å². The Kier molecular flexibility index (Phi) is 5.81. The highest BCUT2D eigenvalue weighted by Crippen LogP contribution is 2.26. The second-order valence-corrected chi connectivity index (χ2v) is 10.6. The van der Waals surface area contributed by atoms with Crippen molar-refractivity contribution in [2.45, 2.75) is 50.0 Å². The Bertz CT molecular complexity index is 1100. The fourth-order valence-corrected chi connectivity index (χ4v) is 5.01.